The maximum Gasteiger partial charge on any atom is 0.490 e. The van der Waals surface area contributed by atoms with Crippen LogP contribution >= 0.6 is 11.3 Å². The molecular formula is C26H26F3N5O7S. The minimum absolute atomic E-state index is 0.157. The number of hydrogen-bond acceptors (Lipinski definition) is 8. The van der Waals surface area contributed by atoms with Crippen LogP contribution in [0.4, 0.5) is 24.1 Å². The Labute approximate surface area is 240 Å². The minimum atomic E-state index is -5.08. The first-order valence-electron chi connectivity index (χ1n) is 12.0. The fourth-order valence-corrected chi connectivity index (χ4v) is 4.27. The summed E-state index contributed by atoms with van der Waals surface area (Å²) in [6.45, 7) is -0.278. The number of halogens is 3. The lowest BCUT2D eigenvalue weighted by Crippen LogP contribution is -2.36. The maximum atomic E-state index is 12.6. The van der Waals surface area contributed by atoms with Crippen LogP contribution in [0.1, 0.15) is 43.8 Å². The second-order valence-electron chi connectivity index (χ2n) is 8.47. The van der Waals surface area contributed by atoms with Crippen molar-refractivity contribution in [3.05, 3.63) is 75.7 Å². The van der Waals surface area contributed by atoms with Crippen LogP contribution in [0.5, 0.6) is 0 Å². The number of aryl methyl sites for hydroxylation is 2. The highest BCUT2D eigenvalue weighted by Gasteiger charge is 2.38. The van der Waals surface area contributed by atoms with Crippen LogP contribution in [0.15, 0.2) is 47.8 Å². The van der Waals surface area contributed by atoms with E-state index in [1.807, 2.05) is 18.2 Å². The molecule has 0 saturated heterocycles. The average Bonchev–Trinajstić information content (AvgIpc) is 3.61. The largest absolute Gasteiger partial charge is 0.490 e. The van der Waals surface area contributed by atoms with Gasteiger partial charge in [0.25, 0.3) is 5.91 Å². The molecule has 1 aliphatic carbocycles. The number of rotatable bonds is 8. The van der Waals surface area contributed by atoms with E-state index in [1.54, 1.807) is 24.3 Å². The molecule has 16 heteroatoms. The summed E-state index contributed by atoms with van der Waals surface area (Å²) in [5.41, 5.74) is 15.1. The number of aromatic nitrogens is 1. The van der Waals surface area contributed by atoms with Crippen LogP contribution in [-0.4, -0.2) is 58.1 Å². The van der Waals surface area contributed by atoms with Crippen molar-refractivity contribution in [3.8, 4) is 0 Å². The number of benzene rings is 2. The highest BCUT2D eigenvalue weighted by Crippen LogP contribution is 2.24. The fourth-order valence-electron chi connectivity index (χ4n) is 3.61. The molecule has 0 radical (unpaired) electrons. The molecule has 224 valence electrons. The number of nitrogens with one attached hydrogen (secondary N) is 1. The Morgan fingerprint density at radius 3 is 2.29 bits per heavy atom. The van der Waals surface area contributed by atoms with Crippen LogP contribution < -0.4 is 21.7 Å². The van der Waals surface area contributed by atoms with Gasteiger partial charge in [-0.05, 0) is 60.2 Å². The zero-order valence-electron chi connectivity index (χ0n) is 21.8. The minimum Gasteiger partial charge on any atom is -0.480 e. The molecule has 0 atom stereocenters. The van der Waals surface area contributed by atoms with Gasteiger partial charge in [0.2, 0.25) is 12.3 Å². The number of fused-ring (bicyclic) bond motifs is 1. The SMILES string of the molecule is NC(=O)c1ccc2c(c1)CCC2.NCc1cccc(C(=O)N(CC(=O)O)c2csc(NC=O)n2)c1.O=C(O)C(F)(F)F. The van der Waals surface area contributed by atoms with E-state index in [-0.39, 0.29) is 23.4 Å². The van der Waals surface area contributed by atoms with Crippen LogP contribution in [0.2, 0.25) is 0 Å². The van der Waals surface area contributed by atoms with Gasteiger partial charge in [-0.25, -0.2) is 9.78 Å². The molecule has 3 amide bonds. The standard InChI is InChI=1S/C14H14N4O4S.C10H11NO.C2HF3O2/c15-5-9-2-1-3-10(4-9)13(22)18(6-12(20)21)11-7-23-14(17-11)16-8-19;11-10(12)9-5-4-7-2-1-3-8(7)6-9;3-2(4,5)1(6)7/h1-4,7-8H,5-6,15H2,(H,20,21)(H,16,17,19);4-6H,1-3H2,(H2,11,12);(H,6,7). The first-order chi connectivity index (χ1) is 19.8. The maximum absolute atomic E-state index is 12.6. The third-order valence-corrected chi connectivity index (χ3v) is 6.29. The molecule has 2 aromatic carbocycles. The summed E-state index contributed by atoms with van der Waals surface area (Å²) in [7, 11) is 0. The Hall–Kier alpha value is -4.83. The molecule has 0 fully saturated rings. The zero-order chi connectivity index (χ0) is 31.4. The predicted octanol–water partition coefficient (Wildman–Crippen LogP) is 2.81. The van der Waals surface area contributed by atoms with E-state index in [4.69, 9.17) is 26.5 Å². The van der Waals surface area contributed by atoms with Gasteiger partial charge in [0.15, 0.2) is 5.13 Å². The van der Waals surface area contributed by atoms with Gasteiger partial charge in [0.1, 0.15) is 12.4 Å². The molecule has 0 unspecified atom stereocenters. The highest BCUT2D eigenvalue weighted by molar-refractivity contribution is 7.14. The Balaban J connectivity index is 0.000000268. The summed E-state index contributed by atoms with van der Waals surface area (Å²) < 4.78 is 31.7. The molecule has 0 saturated carbocycles. The Morgan fingerprint density at radius 2 is 1.71 bits per heavy atom. The van der Waals surface area contributed by atoms with E-state index in [0.29, 0.717) is 17.5 Å². The molecule has 42 heavy (non-hydrogen) atoms. The van der Waals surface area contributed by atoms with Crippen molar-refractivity contribution in [3.63, 3.8) is 0 Å². The third-order valence-electron chi connectivity index (χ3n) is 5.52. The van der Waals surface area contributed by atoms with E-state index < -0.39 is 30.6 Å². The number of nitrogens with two attached hydrogens (primary N) is 2. The molecular weight excluding hydrogens is 583 g/mol. The van der Waals surface area contributed by atoms with Gasteiger partial charge in [0.05, 0.1) is 0 Å². The van der Waals surface area contributed by atoms with Gasteiger partial charge in [-0.3, -0.25) is 24.1 Å². The van der Waals surface area contributed by atoms with Crippen LogP contribution in [0.3, 0.4) is 0 Å². The van der Waals surface area contributed by atoms with E-state index in [0.717, 1.165) is 34.6 Å². The monoisotopic (exact) mass is 609 g/mol. The van der Waals surface area contributed by atoms with E-state index in [2.05, 4.69) is 10.3 Å². The number of nitrogens with zero attached hydrogens (tertiary/aromatic N) is 2. The number of hydrogen-bond donors (Lipinski definition) is 5. The quantitative estimate of drug-likeness (QED) is 0.238. The van der Waals surface area contributed by atoms with E-state index in [1.165, 1.54) is 22.9 Å². The number of carbonyl (C=O) groups is 5. The van der Waals surface area contributed by atoms with Gasteiger partial charge in [-0.1, -0.05) is 18.2 Å². The van der Waals surface area contributed by atoms with Crippen LogP contribution in [-0.2, 0) is 33.8 Å². The van der Waals surface area contributed by atoms with Gasteiger partial charge in [0, 0.05) is 23.1 Å². The summed E-state index contributed by atoms with van der Waals surface area (Å²) in [4.78, 5) is 58.9. The van der Waals surface area contributed by atoms with E-state index >= 15 is 0 Å². The molecule has 1 aliphatic rings. The molecule has 1 heterocycles. The molecule has 3 aromatic rings. The van der Waals surface area contributed by atoms with Crippen molar-refractivity contribution in [1.82, 2.24) is 4.98 Å². The van der Waals surface area contributed by atoms with Crippen molar-refractivity contribution in [2.75, 3.05) is 16.8 Å². The number of carboxylic acids is 2. The topological polar surface area (TPSA) is 206 Å². The van der Waals surface area contributed by atoms with Gasteiger partial charge < -0.3 is 27.0 Å². The summed E-state index contributed by atoms with van der Waals surface area (Å²) in [6, 6.07) is 12.4. The normalized spacial score (nSPS) is 11.5. The molecule has 0 spiro atoms. The van der Waals surface area contributed by atoms with Crippen molar-refractivity contribution < 1.29 is 47.4 Å². The number of carboxylic acid groups (broad SMARTS) is 2. The Morgan fingerprint density at radius 1 is 1.05 bits per heavy atom. The smallest absolute Gasteiger partial charge is 0.480 e. The predicted molar refractivity (Wildman–Crippen MR) is 146 cm³/mol. The average molecular weight is 610 g/mol. The van der Waals surface area contributed by atoms with Crippen molar-refractivity contribution in [2.45, 2.75) is 32.0 Å². The second kappa shape index (κ2) is 15.2. The van der Waals surface area contributed by atoms with Gasteiger partial charge in [-0.15, -0.1) is 11.3 Å². The molecule has 7 N–H and O–H groups in total. The van der Waals surface area contributed by atoms with Crippen molar-refractivity contribution in [2.24, 2.45) is 11.5 Å². The van der Waals surface area contributed by atoms with Crippen molar-refractivity contribution >= 4 is 52.4 Å². The number of primary amides is 1. The van der Waals surface area contributed by atoms with Crippen molar-refractivity contribution in [1.29, 1.82) is 0 Å². The number of alkyl halides is 3. The van der Waals surface area contributed by atoms with Gasteiger partial charge in [-0.2, -0.15) is 13.2 Å². The summed E-state index contributed by atoms with van der Waals surface area (Å²) >= 11 is 1.09. The second-order valence-corrected chi connectivity index (χ2v) is 9.32. The van der Waals surface area contributed by atoms with Gasteiger partial charge >= 0.3 is 18.1 Å². The number of aliphatic carboxylic acids is 2. The summed E-state index contributed by atoms with van der Waals surface area (Å²) in [6.07, 6.45) is -1.18. The Bertz CT molecular complexity index is 1450. The molecule has 4 rings (SSSR count). The molecule has 12 nitrogen and oxygen atoms in total. The fraction of sp³-hybridized carbons (Fsp3) is 0.231. The van der Waals surface area contributed by atoms with Crippen LogP contribution in [0, 0.1) is 0 Å². The third kappa shape index (κ3) is 9.97. The summed E-state index contributed by atoms with van der Waals surface area (Å²) in [5.74, 6) is -4.61. The first-order valence-corrected chi connectivity index (χ1v) is 12.8. The summed E-state index contributed by atoms with van der Waals surface area (Å²) in [5, 5.41) is 20.3. The zero-order valence-corrected chi connectivity index (χ0v) is 22.6. The van der Waals surface area contributed by atoms with Crippen LogP contribution in [0.25, 0.3) is 0 Å². The Kier molecular flexibility index (Phi) is 12.1. The molecule has 0 aliphatic heterocycles. The number of amides is 3. The lowest BCUT2D eigenvalue weighted by atomic mass is 10.1. The highest BCUT2D eigenvalue weighted by atomic mass is 32.1. The molecule has 1 aromatic heterocycles. The molecule has 0 bridgehead atoms. The lowest BCUT2D eigenvalue weighted by molar-refractivity contribution is -0.192. The lowest BCUT2D eigenvalue weighted by Gasteiger charge is -2.18. The van der Waals surface area contributed by atoms with E-state index in [9.17, 15) is 32.3 Å². The first kappa shape index (κ1) is 33.4. The number of anilines is 2. The number of thiazole rings is 1. The number of carbonyl (C=O) groups excluding carboxylic acids is 3.